The average Bonchev–Trinajstić information content (AvgIpc) is 2.25. The maximum absolute atomic E-state index is 5.83. The van der Waals surface area contributed by atoms with Crippen molar-refractivity contribution in [3.8, 4) is 11.5 Å². The molecule has 1 aromatic heterocycles. The van der Waals surface area contributed by atoms with Gasteiger partial charge in [-0.25, -0.2) is 0 Å². The second-order valence-corrected chi connectivity index (χ2v) is 4.38. The lowest BCUT2D eigenvalue weighted by Gasteiger charge is -2.09. The van der Waals surface area contributed by atoms with E-state index < -0.39 is 0 Å². The third-order valence-electron chi connectivity index (χ3n) is 1.92. The van der Waals surface area contributed by atoms with Crippen molar-refractivity contribution in [2.75, 3.05) is 5.73 Å². The summed E-state index contributed by atoms with van der Waals surface area (Å²) in [6.45, 7) is 0. The van der Waals surface area contributed by atoms with Crippen LogP contribution in [0, 0.1) is 0 Å². The second kappa shape index (κ2) is 4.72. The van der Waals surface area contributed by atoms with E-state index in [-0.39, 0.29) is 0 Å². The lowest BCUT2D eigenvalue weighted by atomic mass is 10.3. The molecule has 1 heterocycles. The molecule has 82 valence electrons. The van der Waals surface area contributed by atoms with Gasteiger partial charge in [0.2, 0.25) is 0 Å². The number of hydrogen-bond acceptors (Lipinski definition) is 3. The summed E-state index contributed by atoms with van der Waals surface area (Å²) in [5, 5.41) is 0.641. The molecule has 0 atom stereocenters. The largest absolute Gasteiger partial charge is 0.454 e. The first-order chi connectivity index (χ1) is 7.66. The molecule has 0 saturated heterocycles. The molecule has 0 unspecified atom stereocenters. The lowest BCUT2D eigenvalue weighted by molar-refractivity contribution is 0.481. The number of aromatic nitrogens is 1. The van der Waals surface area contributed by atoms with Gasteiger partial charge in [0.25, 0.3) is 0 Å². The van der Waals surface area contributed by atoms with E-state index in [0.717, 1.165) is 4.47 Å². The maximum atomic E-state index is 5.83. The Morgan fingerprint density at radius 1 is 1.25 bits per heavy atom. The van der Waals surface area contributed by atoms with Gasteiger partial charge in [-0.1, -0.05) is 11.6 Å². The number of halogens is 2. The molecular weight excluding hydrogens is 291 g/mol. The Hall–Kier alpha value is -1.26. The predicted molar refractivity (Wildman–Crippen MR) is 67.9 cm³/mol. The highest BCUT2D eigenvalue weighted by Crippen LogP contribution is 2.33. The Kier molecular flexibility index (Phi) is 3.31. The highest BCUT2D eigenvalue weighted by Gasteiger charge is 2.05. The number of ether oxygens (including phenoxy) is 1. The molecule has 0 radical (unpaired) electrons. The van der Waals surface area contributed by atoms with Crippen LogP contribution in [0.25, 0.3) is 0 Å². The summed E-state index contributed by atoms with van der Waals surface area (Å²) in [4.78, 5) is 3.89. The molecule has 0 aliphatic carbocycles. The SMILES string of the molecule is Nc1cnccc1Oc1ccc(Cl)cc1Br. The molecule has 16 heavy (non-hydrogen) atoms. The number of nitrogens with two attached hydrogens (primary N) is 1. The van der Waals surface area contributed by atoms with Crippen LogP contribution in [0.5, 0.6) is 11.5 Å². The van der Waals surface area contributed by atoms with Gasteiger partial charge in [-0.05, 0) is 34.1 Å². The Bertz CT molecular complexity index is 519. The van der Waals surface area contributed by atoms with E-state index in [1.807, 2.05) is 0 Å². The summed E-state index contributed by atoms with van der Waals surface area (Å²) < 4.78 is 6.40. The quantitative estimate of drug-likeness (QED) is 0.915. The van der Waals surface area contributed by atoms with Gasteiger partial charge in [0, 0.05) is 17.3 Å². The van der Waals surface area contributed by atoms with Crippen molar-refractivity contribution < 1.29 is 4.74 Å². The molecule has 1 aromatic carbocycles. The molecule has 0 fully saturated rings. The van der Waals surface area contributed by atoms with E-state index in [9.17, 15) is 0 Å². The number of benzene rings is 1. The molecular formula is C11H8BrClN2O. The van der Waals surface area contributed by atoms with Gasteiger partial charge >= 0.3 is 0 Å². The average molecular weight is 300 g/mol. The molecule has 3 nitrogen and oxygen atoms in total. The van der Waals surface area contributed by atoms with Crippen LogP contribution in [0.15, 0.2) is 41.1 Å². The van der Waals surface area contributed by atoms with Crippen molar-refractivity contribution in [2.24, 2.45) is 0 Å². The Morgan fingerprint density at radius 2 is 2.06 bits per heavy atom. The summed E-state index contributed by atoms with van der Waals surface area (Å²) in [7, 11) is 0. The fourth-order valence-corrected chi connectivity index (χ4v) is 1.93. The monoisotopic (exact) mass is 298 g/mol. The summed E-state index contributed by atoms with van der Waals surface area (Å²) >= 11 is 9.19. The standard InChI is InChI=1S/C11H8BrClN2O/c12-8-5-7(13)1-2-10(8)16-11-3-4-15-6-9(11)14/h1-6H,14H2. The van der Waals surface area contributed by atoms with Gasteiger partial charge in [-0.2, -0.15) is 0 Å². The number of nitrogen functional groups attached to an aromatic ring is 1. The first kappa shape index (κ1) is 11.2. The molecule has 0 spiro atoms. The van der Waals surface area contributed by atoms with Gasteiger partial charge < -0.3 is 10.5 Å². The molecule has 0 amide bonds. The first-order valence-electron chi connectivity index (χ1n) is 4.49. The third-order valence-corrected chi connectivity index (χ3v) is 2.78. The minimum Gasteiger partial charge on any atom is -0.454 e. The van der Waals surface area contributed by atoms with Crippen LogP contribution in [0.1, 0.15) is 0 Å². The fraction of sp³-hybridized carbons (Fsp3) is 0. The Morgan fingerprint density at radius 3 is 2.75 bits per heavy atom. The van der Waals surface area contributed by atoms with Crippen LogP contribution >= 0.6 is 27.5 Å². The normalized spacial score (nSPS) is 10.1. The predicted octanol–water partition coefficient (Wildman–Crippen LogP) is 3.87. The summed E-state index contributed by atoms with van der Waals surface area (Å²) in [5.41, 5.74) is 6.21. The lowest BCUT2D eigenvalue weighted by Crippen LogP contribution is -1.93. The van der Waals surface area contributed by atoms with Crippen molar-refractivity contribution in [3.63, 3.8) is 0 Å². The van der Waals surface area contributed by atoms with Gasteiger partial charge in [-0.3, -0.25) is 4.98 Å². The highest BCUT2D eigenvalue weighted by molar-refractivity contribution is 9.10. The number of anilines is 1. The number of nitrogens with zero attached hydrogens (tertiary/aromatic N) is 1. The van der Waals surface area contributed by atoms with Gasteiger partial charge in [0.15, 0.2) is 5.75 Å². The minimum absolute atomic E-state index is 0.490. The van der Waals surface area contributed by atoms with E-state index in [2.05, 4.69) is 20.9 Å². The summed E-state index contributed by atoms with van der Waals surface area (Å²) in [6.07, 6.45) is 3.16. The van der Waals surface area contributed by atoms with Crippen molar-refractivity contribution in [1.29, 1.82) is 0 Å². The zero-order valence-electron chi connectivity index (χ0n) is 8.15. The van der Waals surface area contributed by atoms with E-state index >= 15 is 0 Å². The molecule has 0 aliphatic rings. The Balaban J connectivity index is 2.31. The van der Waals surface area contributed by atoms with Crippen molar-refractivity contribution in [3.05, 3.63) is 46.2 Å². The van der Waals surface area contributed by atoms with E-state index in [1.54, 1.807) is 36.7 Å². The zero-order chi connectivity index (χ0) is 11.5. The minimum atomic E-state index is 0.490. The second-order valence-electron chi connectivity index (χ2n) is 3.09. The topological polar surface area (TPSA) is 48.1 Å². The van der Waals surface area contributed by atoms with Gasteiger partial charge in [0.1, 0.15) is 5.75 Å². The zero-order valence-corrected chi connectivity index (χ0v) is 10.5. The molecule has 2 N–H and O–H groups in total. The van der Waals surface area contributed by atoms with Crippen LogP contribution in [0.3, 0.4) is 0 Å². The number of hydrogen-bond donors (Lipinski definition) is 1. The van der Waals surface area contributed by atoms with Gasteiger partial charge in [0.05, 0.1) is 16.4 Å². The molecule has 0 saturated carbocycles. The molecule has 2 rings (SSSR count). The van der Waals surface area contributed by atoms with Crippen LogP contribution < -0.4 is 10.5 Å². The van der Waals surface area contributed by atoms with E-state index in [0.29, 0.717) is 22.2 Å². The van der Waals surface area contributed by atoms with Crippen LogP contribution in [0.4, 0.5) is 5.69 Å². The molecule has 0 aliphatic heterocycles. The van der Waals surface area contributed by atoms with Crippen LogP contribution in [0.2, 0.25) is 5.02 Å². The first-order valence-corrected chi connectivity index (χ1v) is 5.66. The fourth-order valence-electron chi connectivity index (χ4n) is 1.16. The van der Waals surface area contributed by atoms with E-state index in [4.69, 9.17) is 22.1 Å². The van der Waals surface area contributed by atoms with Crippen LogP contribution in [-0.2, 0) is 0 Å². The Labute approximate surface area is 106 Å². The van der Waals surface area contributed by atoms with E-state index in [1.165, 1.54) is 0 Å². The smallest absolute Gasteiger partial charge is 0.153 e. The van der Waals surface area contributed by atoms with Crippen molar-refractivity contribution >= 4 is 33.2 Å². The maximum Gasteiger partial charge on any atom is 0.153 e. The van der Waals surface area contributed by atoms with Crippen molar-refractivity contribution in [2.45, 2.75) is 0 Å². The molecule has 2 aromatic rings. The van der Waals surface area contributed by atoms with Gasteiger partial charge in [-0.15, -0.1) is 0 Å². The van der Waals surface area contributed by atoms with Crippen molar-refractivity contribution in [1.82, 2.24) is 4.98 Å². The summed E-state index contributed by atoms with van der Waals surface area (Å²) in [6, 6.07) is 6.98. The number of pyridine rings is 1. The third kappa shape index (κ3) is 2.46. The van der Waals surface area contributed by atoms with Crippen LogP contribution in [-0.4, -0.2) is 4.98 Å². The summed E-state index contributed by atoms with van der Waals surface area (Å²) in [5.74, 6) is 1.22. The molecule has 0 bridgehead atoms. The molecule has 5 heteroatoms. The number of rotatable bonds is 2. The highest BCUT2D eigenvalue weighted by atomic mass is 79.9.